The Labute approximate surface area is 43.5 Å². The quantitative estimate of drug-likeness (QED) is 0.494. The van der Waals surface area contributed by atoms with Crippen LogP contribution in [0, 0.1) is 0 Å². The van der Waals surface area contributed by atoms with Gasteiger partial charge < -0.3 is 11.5 Å². The molecular weight excluding hydrogens is 88.1 g/mol. The van der Waals surface area contributed by atoms with Crippen LogP contribution in [0.15, 0.2) is 24.0 Å². The third-order valence-corrected chi connectivity index (χ3v) is 0.587. The van der Waals surface area contributed by atoms with E-state index in [0.29, 0.717) is 0 Å². The lowest BCUT2D eigenvalue weighted by atomic mass is 10.3. The molecule has 0 aliphatic heterocycles. The Kier molecular flexibility index (Phi) is 2.85. The van der Waals surface area contributed by atoms with Crippen molar-refractivity contribution in [2.75, 3.05) is 0 Å². The fraction of sp³-hybridized carbons (Fsp3) is 0.200. The third kappa shape index (κ3) is 2.89. The fourth-order valence-corrected chi connectivity index (χ4v) is 0.200. The molecule has 7 heavy (non-hydrogen) atoms. The third-order valence-electron chi connectivity index (χ3n) is 0.587. The van der Waals surface area contributed by atoms with E-state index in [1.54, 1.807) is 6.08 Å². The summed E-state index contributed by atoms with van der Waals surface area (Å²) >= 11 is 0. The smallest absolute Gasteiger partial charge is 0.00604 e. The molecule has 40 valence electrons. The summed E-state index contributed by atoms with van der Waals surface area (Å²) in [6, 6.07) is 0. The van der Waals surface area contributed by atoms with Crippen molar-refractivity contribution in [3.05, 3.63) is 29.8 Å². The Hall–Kier alpha value is -0.920. The van der Waals surface area contributed by atoms with Crippen LogP contribution in [-0.2, 0) is 0 Å². The monoisotopic (exact) mass is 97.1 g/mol. The predicted octanol–water partition coefficient (Wildman–Crippen LogP) is 1.41. The maximum atomic E-state index is 6.64. The average molecular weight is 97.1 g/mol. The van der Waals surface area contributed by atoms with E-state index in [2.05, 4.69) is 0 Å². The highest BCUT2D eigenvalue weighted by Crippen LogP contribution is 1.90. The van der Waals surface area contributed by atoms with Gasteiger partial charge in [-0.05, 0) is 19.2 Å². The molecule has 0 spiro atoms. The van der Waals surface area contributed by atoms with E-state index in [4.69, 9.17) is 11.5 Å². The van der Waals surface area contributed by atoms with Crippen LogP contribution < -0.4 is 5.73 Å². The minimum absolute atomic E-state index is 0.863. The van der Waals surface area contributed by atoms with Crippen molar-refractivity contribution >= 4 is 0 Å². The largest absolute Gasteiger partial charge is 0.705 e. The minimum atomic E-state index is 0.863. The van der Waals surface area contributed by atoms with E-state index in [1.807, 2.05) is 6.92 Å². The lowest BCUT2D eigenvalue weighted by Gasteiger charge is -1.89. The zero-order valence-electron chi connectivity index (χ0n) is 4.31. The predicted molar refractivity (Wildman–Crippen MR) is 31.4 cm³/mol. The molecule has 2 nitrogen and oxygen atoms in total. The number of hydrogen-bond donors (Lipinski definition) is 1. The van der Waals surface area contributed by atoms with Crippen molar-refractivity contribution in [3.8, 4) is 0 Å². The Morgan fingerprint density at radius 1 is 1.71 bits per heavy atom. The summed E-state index contributed by atoms with van der Waals surface area (Å²) in [4.78, 5) is 0. The van der Waals surface area contributed by atoms with Gasteiger partial charge in [0.1, 0.15) is 0 Å². The topological polar surface area (TPSA) is 49.8 Å². The molecule has 3 N–H and O–H groups in total. The fourth-order valence-electron chi connectivity index (χ4n) is 0.200. The molecule has 0 unspecified atom stereocenters. The Balaban J connectivity index is 3.58. The molecular formula is C5H9N2-. The van der Waals surface area contributed by atoms with E-state index >= 15 is 0 Å². The zero-order chi connectivity index (χ0) is 5.70. The standard InChI is InChI=1S/C5H9N2/c1-5(4-7)2-3-6/h2-4,7H,6H2,1H3/q-1/b3-2-,5-4-. The van der Waals surface area contributed by atoms with Gasteiger partial charge in [-0.3, -0.25) is 0 Å². The van der Waals surface area contributed by atoms with Crippen molar-refractivity contribution in [2.45, 2.75) is 6.92 Å². The second-order valence-corrected chi connectivity index (χ2v) is 1.25. The second-order valence-electron chi connectivity index (χ2n) is 1.25. The Morgan fingerprint density at radius 3 is 2.43 bits per heavy atom. The van der Waals surface area contributed by atoms with Crippen LogP contribution in [0.2, 0.25) is 0 Å². The lowest BCUT2D eigenvalue weighted by Crippen LogP contribution is -1.75. The molecule has 0 aliphatic carbocycles. The van der Waals surface area contributed by atoms with Crippen molar-refractivity contribution in [1.29, 1.82) is 0 Å². The number of hydrogen-bond acceptors (Lipinski definition) is 1. The van der Waals surface area contributed by atoms with Gasteiger partial charge in [-0.15, -0.1) is 0 Å². The molecule has 0 aromatic carbocycles. The van der Waals surface area contributed by atoms with Gasteiger partial charge in [-0.2, -0.15) is 6.20 Å². The van der Waals surface area contributed by atoms with Crippen molar-refractivity contribution in [3.63, 3.8) is 0 Å². The number of nitrogens with one attached hydrogen (secondary N) is 1. The molecule has 0 heterocycles. The molecule has 0 aliphatic rings. The van der Waals surface area contributed by atoms with Gasteiger partial charge in [-0.1, -0.05) is 5.57 Å². The molecule has 0 aromatic rings. The van der Waals surface area contributed by atoms with E-state index < -0.39 is 0 Å². The van der Waals surface area contributed by atoms with Crippen LogP contribution in [0.3, 0.4) is 0 Å². The molecule has 0 saturated heterocycles. The molecule has 0 saturated carbocycles. The summed E-state index contributed by atoms with van der Waals surface area (Å²) < 4.78 is 0. The molecule has 0 aromatic heterocycles. The number of allylic oxidation sites excluding steroid dienone is 2. The molecule has 0 radical (unpaired) electrons. The second kappa shape index (κ2) is 3.28. The first-order chi connectivity index (χ1) is 3.31. The van der Waals surface area contributed by atoms with Crippen LogP contribution in [0.4, 0.5) is 0 Å². The van der Waals surface area contributed by atoms with Crippen LogP contribution in [0.5, 0.6) is 0 Å². The van der Waals surface area contributed by atoms with Crippen molar-refractivity contribution in [2.24, 2.45) is 5.73 Å². The van der Waals surface area contributed by atoms with Gasteiger partial charge in [0, 0.05) is 0 Å². The molecule has 0 fully saturated rings. The van der Waals surface area contributed by atoms with Crippen LogP contribution in [-0.4, -0.2) is 0 Å². The molecule has 0 rings (SSSR count). The number of rotatable bonds is 1. The minimum Gasteiger partial charge on any atom is -0.705 e. The van der Waals surface area contributed by atoms with Crippen LogP contribution in [0.25, 0.3) is 5.73 Å². The Morgan fingerprint density at radius 2 is 2.29 bits per heavy atom. The van der Waals surface area contributed by atoms with Crippen molar-refractivity contribution < 1.29 is 0 Å². The highest BCUT2D eigenvalue weighted by Gasteiger charge is 1.66. The maximum Gasteiger partial charge on any atom is -0.00604 e. The molecule has 0 amide bonds. The Bertz CT molecular complexity index is 92.3. The normalized spacial score (nSPS) is 13.0. The zero-order valence-corrected chi connectivity index (χ0v) is 4.31. The maximum absolute atomic E-state index is 6.64. The van der Waals surface area contributed by atoms with Crippen LogP contribution in [0.1, 0.15) is 6.92 Å². The van der Waals surface area contributed by atoms with E-state index in [1.165, 1.54) is 12.4 Å². The first-order valence-corrected chi connectivity index (χ1v) is 2.03. The van der Waals surface area contributed by atoms with Gasteiger partial charge in [0.15, 0.2) is 0 Å². The summed E-state index contributed by atoms with van der Waals surface area (Å²) in [6.45, 7) is 1.82. The first-order valence-electron chi connectivity index (χ1n) is 2.03. The van der Waals surface area contributed by atoms with Gasteiger partial charge in [0.05, 0.1) is 0 Å². The molecule has 2 heteroatoms. The summed E-state index contributed by atoms with van der Waals surface area (Å²) in [5.41, 5.74) is 12.5. The van der Waals surface area contributed by atoms with Gasteiger partial charge in [0.25, 0.3) is 0 Å². The first kappa shape index (κ1) is 6.08. The lowest BCUT2D eigenvalue weighted by molar-refractivity contribution is 1.48. The van der Waals surface area contributed by atoms with Crippen molar-refractivity contribution in [1.82, 2.24) is 0 Å². The van der Waals surface area contributed by atoms with Gasteiger partial charge in [-0.25, -0.2) is 0 Å². The number of nitrogens with two attached hydrogens (primary N) is 1. The van der Waals surface area contributed by atoms with E-state index in [0.717, 1.165) is 5.57 Å². The van der Waals surface area contributed by atoms with Gasteiger partial charge >= 0.3 is 0 Å². The molecule has 0 atom stereocenters. The molecule has 0 bridgehead atoms. The van der Waals surface area contributed by atoms with E-state index in [9.17, 15) is 0 Å². The summed E-state index contributed by atoms with van der Waals surface area (Å²) in [5.74, 6) is 0. The van der Waals surface area contributed by atoms with E-state index in [-0.39, 0.29) is 0 Å². The highest BCUT2D eigenvalue weighted by atomic mass is 14.5. The van der Waals surface area contributed by atoms with Gasteiger partial charge in [0.2, 0.25) is 0 Å². The summed E-state index contributed by atoms with van der Waals surface area (Å²) in [7, 11) is 0. The summed E-state index contributed by atoms with van der Waals surface area (Å²) in [5, 5.41) is 0. The highest BCUT2D eigenvalue weighted by molar-refractivity contribution is 5.15. The average Bonchev–Trinajstić information content (AvgIpc) is 1.68. The van der Waals surface area contributed by atoms with Crippen LogP contribution >= 0.6 is 0 Å². The summed E-state index contributed by atoms with van der Waals surface area (Å²) in [6.07, 6.45) is 4.34. The SMILES string of the molecule is CC(/C=C\N)=C/[NH-].